The predicted octanol–water partition coefficient (Wildman–Crippen LogP) is 3.68. The zero-order valence-electron chi connectivity index (χ0n) is 11.0. The van der Waals surface area contributed by atoms with Crippen molar-refractivity contribution in [3.05, 3.63) is 59.1 Å². The van der Waals surface area contributed by atoms with Gasteiger partial charge in [0.1, 0.15) is 5.82 Å². The van der Waals surface area contributed by atoms with E-state index in [1.165, 1.54) is 10.8 Å². The van der Waals surface area contributed by atoms with Crippen LogP contribution in [0, 0.1) is 5.82 Å². The van der Waals surface area contributed by atoms with Crippen molar-refractivity contribution >= 4 is 21.6 Å². The molecule has 0 unspecified atom stereocenters. The van der Waals surface area contributed by atoms with Crippen LogP contribution in [0.5, 0.6) is 0 Å². The molecule has 0 saturated carbocycles. The van der Waals surface area contributed by atoms with Gasteiger partial charge in [-0.2, -0.15) is 0 Å². The van der Waals surface area contributed by atoms with Crippen molar-refractivity contribution in [2.75, 3.05) is 0 Å². The third kappa shape index (κ3) is 2.69. The Bertz CT molecular complexity index is 726. The summed E-state index contributed by atoms with van der Waals surface area (Å²) in [5.41, 5.74) is 4.42. The van der Waals surface area contributed by atoms with Gasteiger partial charge in [-0.1, -0.05) is 6.07 Å². The quantitative estimate of drug-likeness (QED) is 0.795. The molecule has 0 aliphatic heterocycles. The lowest BCUT2D eigenvalue weighted by Gasteiger charge is -2.13. The minimum absolute atomic E-state index is 0.137. The number of nitrogens with zero attached hydrogens (tertiary/aromatic N) is 2. The number of hydrogen-bond acceptors (Lipinski definition) is 4. The molecular weight excluding hydrogens is 273 g/mol. The van der Waals surface area contributed by atoms with Crippen LogP contribution in [0.3, 0.4) is 0 Å². The van der Waals surface area contributed by atoms with Gasteiger partial charge >= 0.3 is 0 Å². The van der Waals surface area contributed by atoms with E-state index >= 15 is 0 Å². The fourth-order valence-corrected chi connectivity index (χ4v) is 2.76. The van der Waals surface area contributed by atoms with E-state index in [9.17, 15) is 4.39 Å². The van der Waals surface area contributed by atoms with Crippen molar-refractivity contribution in [2.45, 2.75) is 19.5 Å². The highest BCUT2D eigenvalue weighted by Gasteiger charge is 2.11. The number of fused-ring (bicyclic) bond motifs is 1. The Labute approximate surface area is 120 Å². The van der Waals surface area contributed by atoms with Crippen LogP contribution in [0.4, 0.5) is 4.39 Å². The number of aromatic nitrogens is 2. The third-order valence-corrected chi connectivity index (χ3v) is 4.01. The van der Waals surface area contributed by atoms with Crippen LogP contribution in [-0.2, 0) is 6.54 Å². The standard InChI is InChI=1S/C15H14FN3S/c1-10(15-12(16)3-2-6-17-15)18-8-11-4-5-14-13(7-11)19-9-20-14/h2-7,9-10,18H,8H2,1H3/t10-/m1/s1. The van der Waals surface area contributed by atoms with Crippen molar-refractivity contribution in [1.82, 2.24) is 15.3 Å². The molecule has 0 fully saturated rings. The lowest BCUT2D eigenvalue weighted by atomic mass is 10.1. The van der Waals surface area contributed by atoms with Gasteiger partial charge < -0.3 is 5.32 Å². The Morgan fingerprint density at radius 1 is 1.30 bits per heavy atom. The summed E-state index contributed by atoms with van der Waals surface area (Å²) in [7, 11) is 0. The van der Waals surface area contributed by atoms with Gasteiger partial charge in [0.25, 0.3) is 0 Å². The number of pyridine rings is 1. The van der Waals surface area contributed by atoms with E-state index in [-0.39, 0.29) is 11.9 Å². The van der Waals surface area contributed by atoms with Crippen molar-refractivity contribution in [3.63, 3.8) is 0 Å². The fraction of sp³-hybridized carbons (Fsp3) is 0.200. The maximum atomic E-state index is 13.6. The van der Waals surface area contributed by atoms with Crippen molar-refractivity contribution in [2.24, 2.45) is 0 Å². The smallest absolute Gasteiger partial charge is 0.146 e. The maximum Gasteiger partial charge on any atom is 0.146 e. The number of thiazole rings is 1. The van der Waals surface area contributed by atoms with Gasteiger partial charge in [0.15, 0.2) is 0 Å². The van der Waals surface area contributed by atoms with Crippen molar-refractivity contribution in [3.8, 4) is 0 Å². The zero-order valence-corrected chi connectivity index (χ0v) is 11.8. The molecule has 1 aromatic carbocycles. The Morgan fingerprint density at radius 3 is 3.05 bits per heavy atom. The normalized spacial score (nSPS) is 12.7. The molecular formula is C15H14FN3S. The number of halogens is 1. The molecule has 0 bridgehead atoms. The first-order chi connectivity index (χ1) is 9.74. The van der Waals surface area contributed by atoms with E-state index in [1.54, 1.807) is 23.6 Å². The van der Waals surface area contributed by atoms with Gasteiger partial charge in [-0.05, 0) is 36.8 Å². The Morgan fingerprint density at radius 2 is 2.20 bits per heavy atom. The number of benzene rings is 1. The molecule has 0 aliphatic carbocycles. The molecule has 1 N–H and O–H groups in total. The van der Waals surface area contributed by atoms with Crippen LogP contribution < -0.4 is 5.32 Å². The molecule has 5 heteroatoms. The second kappa shape index (κ2) is 5.64. The monoisotopic (exact) mass is 287 g/mol. The Balaban J connectivity index is 1.71. The van der Waals surface area contributed by atoms with E-state index in [2.05, 4.69) is 33.5 Å². The van der Waals surface area contributed by atoms with E-state index in [0.29, 0.717) is 12.2 Å². The largest absolute Gasteiger partial charge is 0.305 e. The molecule has 1 atom stereocenters. The van der Waals surface area contributed by atoms with Crippen LogP contribution in [0.2, 0.25) is 0 Å². The minimum Gasteiger partial charge on any atom is -0.305 e. The van der Waals surface area contributed by atoms with E-state index in [4.69, 9.17) is 0 Å². The molecule has 102 valence electrons. The highest BCUT2D eigenvalue weighted by atomic mass is 32.1. The predicted molar refractivity (Wildman–Crippen MR) is 79.1 cm³/mol. The summed E-state index contributed by atoms with van der Waals surface area (Å²) in [6.07, 6.45) is 1.61. The summed E-state index contributed by atoms with van der Waals surface area (Å²) in [4.78, 5) is 8.38. The van der Waals surface area contributed by atoms with Gasteiger partial charge in [-0.3, -0.25) is 4.98 Å². The molecule has 2 heterocycles. The number of hydrogen-bond donors (Lipinski definition) is 1. The maximum absolute atomic E-state index is 13.6. The molecule has 2 aromatic heterocycles. The Kier molecular flexibility index (Phi) is 3.71. The second-order valence-electron chi connectivity index (χ2n) is 4.63. The van der Waals surface area contributed by atoms with Crippen molar-refractivity contribution < 1.29 is 4.39 Å². The highest BCUT2D eigenvalue weighted by Crippen LogP contribution is 2.19. The Hall–Kier alpha value is -1.85. The zero-order chi connectivity index (χ0) is 13.9. The summed E-state index contributed by atoms with van der Waals surface area (Å²) in [5.74, 6) is -0.276. The van der Waals surface area contributed by atoms with Gasteiger partial charge in [0, 0.05) is 18.8 Å². The van der Waals surface area contributed by atoms with Crippen LogP contribution in [0.1, 0.15) is 24.2 Å². The van der Waals surface area contributed by atoms with Crippen LogP contribution >= 0.6 is 11.3 Å². The molecule has 0 radical (unpaired) electrons. The van der Waals surface area contributed by atoms with Gasteiger partial charge in [-0.25, -0.2) is 9.37 Å². The molecule has 0 saturated heterocycles. The minimum atomic E-state index is -0.276. The molecule has 0 spiro atoms. The third-order valence-electron chi connectivity index (χ3n) is 3.20. The first-order valence-electron chi connectivity index (χ1n) is 6.40. The topological polar surface area (TPSA) is 37.8 Å². The van der Waals surface area contributed by atoms with Crippen LogP contribution in [-0.4, -0.2) is 9.97 Å². The molecule has 20 heavy (non-hydrogen) atoms. The SMILES string of the molecule is C[C@@H](NCc1ccc2scnc2c1)c1ncccc1F. The first-order valence-corrected chi connectivity index (χ1v) is 7.28. The van der Waals surface area contributed by atoms with E-state index in [0.717, 1.165) is 11.1 Å². The molecule has 0 aliphatic rings. The van der Waals surface area contributed by atoms with Crippen LogP contribution in [0.15, 0.2) is 42.0 Å². The summed E-state index contributed by atoms with van der Waals surface area (Å²) in [6, 6.07) is 9.08. The number of nitrogens with one attached hydrogen (secondary N) is 1. The first kappa shape index (κ1) is 13.1. The fourth-order valence-electron chi connectivity index (χ4n) is 2.10. The van der Waals surface area contributed by atoms with Gasteiger partial charge in [-0.15, -0.1) is 11.3 Å². The van der Waals surface area contributed by atoms with E-state index in [1.807, 2.05) is 12.4 Å². The summed E-state index contributed by atoms with van der Waals surface area (Å²) >= 11 is 1.63. The number of rotatable bonds is 4. The average Bonchev–Trinajstić information content (AvgIpc) is 2.92. The molecule has 3 aromatic rings. The van der Waals surface area contributed by atoms with E-state index < -0.39 is 0 Å². The lowest BCUT2D eigenvalue weighted by Crippen LogP contribution is -2.20. The van der Waals surface area contributed by atoms with Gasteiger partial charge in [0.2, 0.25) is 0 Å². The second-order valence-corrected chi connectivity index (χ2v) is 5.51. The summed E-state index contributed by atoms with van der Waals surface area (Å²) < 4.78 is 14.8. The summed E-state index contributed by atoms with van der Waals surface area (Å²) in [6.45, 7) is 2.57. The van der Waals surface area contributed by atoms with Gasteiger partial charge in [0.05, 0.1) is 21.4 Å². The highest BCUT2D eigenvalue weighted by molar-refractivity contribution is 7.16. The summed E-state index contributed by atoms with van der Waals surface area (Å²) in [5, 5.41) is 3.29. The molecule has 3 nitrogen and oxygen atoms in total. The average molecular weight is 287 g/mol. The molecule has 3 rings (SSSR count). The van der Waals surface area contributed by atoms with Crippen molar-refractivity contribution in [1.29, 1.82) is 0 Å². The lowest BCUT2D eigenvalue weighted by molar-refractivity contribution is 0.512. The molecule has 0 amide bonds. The van der Waals surface area contributed by atoms with Crippen LogP contribution in [0.25, 0.3) is 10.2 Å².